The van der Waals surface area contributed by atoms with Crippen LogP contribution in [-0.2, 0) is 0 Å². The summed E-state index contributed by atoms with van der Waals surface area (Å²) >= 11 is 4.53. The van der Waals surface area contributed by atoms with Gasteiger partial charge in [0.05, 0.1) is 4.43 Å². The molecule has 1 aromatic carbocycles. The summed E-state index contributed by atoms with van der Waals surface area (Å²) < 4.78 is 2.15. The Morgan fingerprint density at radius 2 is 1.82 bits per heavy atom. The van der Waals surface area contributed by atoms with Crippen molar-refractivity contribution < 1.29 is 0 Å². The minimum Gasteiger partial charge on any atom is -0.0872 e. The second kappa shape index (κ2) is 4.99. The molecule has 0 spiro atoms. The Morgan fingerprint density at radius 1 is 1.18 bits per heavy atom. The molecule has 0 heterocycles. The highest BCUT2D eigenvalue weighted by Crippen LogP contribution is 2.05. The summed E-state index contributed by atoms with van der Waals surface area (Å²) in [4.78, 5) is 0. The van der Waals surface area contributed by atoms with E-state index < -0.39 is 0 Å². The summed E-state index contributed by atoms with van der Waals surface area (Å²) in [5, 5.41) is 0. The second-order valence-electron chi connectivity index (χ2n) is 1.94. The molecule has 2 heteroatoms. The summed E-state index contributed by atoms with van der Waals surface area (Å²) in [6, 6.07) is 8.22. The van der Waals surface area contributed by atoms with Crippen molar-refractivity contribution in [1.29, 1.82) is 0 Å². The SMILES string of the molecule is ICC#Cc1ccc(I)cc1. The first-order chi connectivity index (χ1) is 5.33. The summed E-state index contributed by atoms with van der Waals surface area (Å²) in [6.45, 7) is 0. The van der Waals surface area contributed by atoms with Crippen molar-refractivity contribution in [2.24, 2.45) is 0 Å². The summed E-state index contributed by atoms with van der Waals surface area (Å²) in [5.41, 5.74) is 1.10. The van der Waals surface area contributed by atoms with E-state index in [4.69, 9.17) is 0 Å². The Kier molecular flexibility index (Phi) is 4.23. The largest absolute Gasteiger partial charge is 0.0872 e. The molecule has 0 saturated heterocycles. The van der Waals surface area contributed by atoms with E-state index in [9.17, 15) is 0 Å². The molecule has 0 atom stereocenters. The number of hydrogen-bond acceptors (Lipinski definition) is 0. The highest BCUT2D eigenvalue weighted by atomic mass is 127. The van der Waals surface area contributed by atoms with E-state index in [-0.39, 0.29) is 0 Å². The van der Waals surface area contributed by atoms with Crippen LogP contribution in [0, 0.1) is 15.4 Å². The standard InChI is InChI=1S/C9H6I2/c10-7-1-2-8-3-5-9(11)6-4-8/h3-6H,7H2. The minimum absolute atomic E-state index is 0.893. The maximum Gasteiger partial charge on any atom is 0.0613 e. The maximum absolute atomic E-state index is 3.06. The van der Waals surface area contributed by atoms with E-state index in [2.05, 4.69) is 69.2 Å². The lowest BCUT2D eigenvalue weighted by atomic mass is 10.2. The number of hydrogen-bond donors (Lipinski definition) is 0. The first kappa shape index (κ1) is 9.33. The summed E-state index contributed by atoms with van der Waals surface area (Å²) in [5.74, 6) is 6.08. The van der Waals surface area contributed by atoms with Gasteiger partial charge in [-0.05, 0) is 46.9 Å². The molecule has 0 unspecified atom stereocenters. The molecule has 0 N–H and O–H groups in total. The van der Waals surface area contributed by atoms with Crippen LogP contribution in [0.2, 0.25) is 0 Å². The summed E-state index contributed by atoms with van der Waals surface area (Å²) in [6.07, 6.45) is 0. The van der Waals surface area contributed by atoms with Crippen molar-refractivity contribution >= 4 is 45.2 Å². The van der Waals surface area contributed by atoms with Gasteiger partial charge in [0.25, 0.3) is 0 Å². The van der Waals surface area contributed by atoms with E-state index in [1.54, 1.807) is 0 Å². The average Bonchev–Trinajstić information content (AvgIpc) is 2.04. The molecule has 1 rings (SSSR count). The van der Waals surface area contributed by atoms with Gasteiger partial charge in [0, 0.05) is 9.13 Å². The molecule has 0 nitrogen and oxygen atoms in total. The van der Waals surface area contributed by atoms with Gasteiger partial charge in [-0.25, -0.2) is 0 Å². The van der Waals surface area contributed by atoms with Gasteiger partial charge in [-0.3, -0.25) is 0 Å². The van der Waals surface area contributed by atoms with E-state index in [0.29, 0.717) is 0 Å². The molecular formula is C9H6I2. The molecule has 11 heavy (non-hydrogen) atoms. The van der Waals surface area contributed by atoms with Crippen molar-refractivity contribution in [3.63, 3.8) is 0 Å². The van der Waals surface area contributed by atoms with Crippen LogP contribution in [0.1, 0.15) is 5.56 Å². The van der Waals surface area contributed by atoms with Crippen molar-refractivity contribution in [2.75, 3.05) is 4.43 Å². The normalized spacial score (nSPS) is 8.55. The van der Waals surface area contributed by atoms with Crippen LogP contribution < -0.4 is 0 Å². The minimum atomic E-state index is 0.893. The fourth-order valence-corrected chi connectivity index (χ4v) is 1.22. The quantitative estimate of drug-likeness (QED) is 0.375. The van der Waals surface area contributed by atoms with Gasteiger partial charge in [-0.1, -0.05) is 34.4 Å². The third-order valence-electron chi connectivity index (χ3n) is 1.14. The van der Waals surface area contributed by atoms with E-state index >= 15 is 0 Å². The molecule has 0 aromatic heterocycles. The van der Waals surface area contributed by atoms with Crippen molar-refractivity contribution in [3.8, 4) is 11.8 Å². The monoisotopic (exact) mass is 368 g/mol. The van der Waals surface area contributed by atoms with Crippen LogP contribution in [0.25, 0.3) is 0 Å². The maximum atomic E-state index is 3.06. The lowest BCUT2D eigenvalue weighted by Gasteiger charge is -1.89. The second-order valence-corrected chi connectivity index (χ2v) is 3.95. The zero-order valence-corrected chi connectivity index (χ0v) is 10.1. The van der Waals surface area contributed by atoms with Crippen LogP contribution in [0.4, 0.5) is 0 Å². The summed E-state index contributed by atoms with van der Waals surface area (Å²) in [7, 11) is 0. The van der Waals surface area contributed by atoms with Crippen LogP contribution in [-0.4, -0.2) is 4.43 Å². The highest BCUT2D eigenvalue weighted by molar-refractivity contribution is 14.1. The van der Waals surface area contributed by atoms with Crippen molar-refractivity contribution in [3.05, 3.63) is 33.4 Å². The van der Waals surface area contributed by atoms with Crippen molar-refractivity contribution in [1.82, 2.24) is 0 Å². The number of alkyl halides is 1. The van der Waals surface area contributed by atoms with Crippen LogP contribution in [0.5, 0.6) is 0 Å². The number of rotatable bonds is 0. The lowest BCUT2D eigenvalue weighted by molar-refractivity contribution is 1.60. The predicted molar refractivity (Wildman–Crippen MR) is 64.9 cm³/mol. The van der Waals surface area contributed by atoms with Gasteiger partial charge in [-0.15, -0.1) is 0 Å². The predicted octanol–water partition coefficient (Wildman–Crippen LogP) is 3.08. The third kappa shape index (κ3) is 3.43. The Labute approximate surface area is 94.0 Å². The molecule has 0 amide bonds. The first-order valence-electron chi connectivity index (χ1n) is 3.13. The smallest absolute Gasteiger partial charge is 0.0613 e. The number of benzene rings is 1. The molecule has 0 saturated carbocycles. The average molecular weight is 368 g/mol. The lowest BCUT2D eigenvalue weighted by Crippen LogP contribution is -1.74. The highest BCUT2D eigenvalue weighted by Gasteiger charge is 1.85. The van der Waals surface area contributed by atoms with Gasteiger partial charge in [0.2, 0.25) is 0 Å². The topological polar surface area (TPSA) is 0 Å². The molecule has 1 aromatic rings. The van der Waals surface area contributed by atoms with E-state index in [0.717, 1.165) is 9.99 Å². The van der Waals surface area contributed by atoms with Gasteiger partial charge in [0.15, 0.2) is 0 Å². The number of halogens is 2. The zero-order valence-electron chi connectivity index (χ0n) is 5.77. The van der Waals surface area contributed by atoms with Crippen molar-refractivity contribution in [2.45, 2.75) is 0 Å². The molecular weight excluding hydrogens is 362 g/mol. The molecule has 0 bridgehead atoms. The molecule has 0 radical (unpaired) electrons. The molecule has 0 aliphatic carbocycles. The Balaban J connectivity index is 2.82. The molecule has 0 fully saturated rings. The Morgan fingerprint density at radius 3 is 2.36 bits per heavy atom. The van der Waals surface area contributed by atoms with E-state index in [1.165, 1.54) is 3.57 Å². The van der Waals surface area contributed by atoms with Gasteiger partial charge >= 0.3 is 0 Å². The zero-order chi connectivity index (χ0) is 8.10. The Hall–Kier alpha value is 0.240. The van der Waals surface area contributed by atoms with Crippen LogP contribution in [0.15, 0.2) is 24.3 Å². The van der Waals surface area contributed by atoms with E-state index in [1.807, 2.05) is 12.1 Å². The fraction of sp³-hybridized carbons (Fsp3) is 0.111. The molecule has 0 aliphatic heterocycles. The van der Waals surface area contributed by atoms with Crippen LogP contribution in [0.3, 0.4) is 0 Å². The third-order valence-corrected chi connectivity index (χ3v) is 2.24. The molecule has 0 aliphatic rings. The Bertz CT molecular complexity index is 277. The first-order valence-corrected chi connectivity index (χ1v) is 5.74. The van der Waals surface area contributed by atoms with Crippen LogP contribution >= 0.6 is 45.2 Å². The van der Waals surface area contributed by atoms with Gasteiger partial charge in [-0.2, -0.15) is 0 Å². The molecule has 56 valence electrons. The van der Waals surface area contributed by atoms with Gasteiger partial charge < -0.3 is 0 Å². The van der Waals surface area contributed by atoms with Gasteiger partial charge in [0.1, 0.15) is 0 Å². The fourth-order valence-electron chi connectivity index (χ4n) is 0.669.